The summed E-state index contributed by atoms with van der Waals surface area (Å²) >= 11 is 0. The van der Waals surface area contributed by atoms with E-state index in [4.69, 9.17) is 6.42 Å². The quantitative estimate of drug-likeness (QED) is 0.473. The van der Waals surface area contributed by atoms with E-state index in [1.54, 1.807) is 0 Å². The normalized spacial score (nSPS) is 56.5. The summed E-state index contributed by atoms with van der Waals surface area (Å²) in [7, 11) is 0. The molecule has 0 spiro atoms. The zero-order valence-corrected chi connectivity index (χ0v) is 14.8. The Kier molecular flexibility index (Phi) is 3.53. The molecular weight excluding hydrogens is 300 g/mol. The van der Waals surface area contributed by atoms with E-state index < -0.39 is 5.60 Å². The fraction of sp³-hybridized carbons (Fsp3) is 0.810. The smallest absolute Gasteiger partial charge is 0.147 e. The van der Waals surface area contributed by atoms with Gasteiger partial charge >= 0.3 is 0 Å². The largest absolute Gasteiger partial charge is 0.393 e. The Morgan fingerprint density at radius 2 is 1.83 bits per heavy atom. The van der Waals surface area contributed by atoms with E-state index in [1.165, 1.54) is 0 Å². The van der Waals surface area contributed by atoms with Gasteiger partial charge in [-0.1, -0.05) is 25.3 Å². The van der Waals surface area contributed by atoms with E-state index in [1.807, 2.05) is 6.08 Å². The third-order valence-electron chi connectivity index (χ3n) is 8.36. The number of rotatable bonds is 0. The van der Waals surface area contributed by atoms with Gasteiger partial charge in [0.15, 0.2) is 0 Å². The third-order valence-corrected chi connectivity index (χ3v) is 8.36. The van der Waals surface area contributed by atoms with Crippen LogP contribution in [-0.4, -0.2) is 33.1 Å². The molecule has 3 unspecified atom stereocenters. The van der Waals surface area contributed by atoms with Gasteiger partial charge in [-0.15, -0.1) is 6.42 Å². The number of aliphatic hydroxyl groups excluding tert-OH is 2. The molecule has 24 heavy (non-hydrogen) atoms. The van der Waals surface area contributed by atoms with Crippen molar-refractivity contribution < 1.29 is 15.3 Å². The van der Waals surface area contributed by atoms with Crippen LogP contribution in [0.5, 0.6) is 0 Å². The average Bonchev–Trinajstić information content (AvgIpc) is 2.85. The number of terminal acetylenes is 1. The lowest BCUT2D eigenvalue weighted by atomic mass is 9.45. The van der Waals surface area contributed by atoms with Gasteiger partial charge in [-0.3, -0.25) is 0 Å². The minimum absolute atomic E-state index is 0.0161. The number of aliphatic hydroxyl groups is 3. The molecule has 4 aliphatic rings. The van der Waals surface area contributed by atoms with Crippen LogP contribution in [0.3, 0.4) is 0 Å². The molecule has 3 N–H and O–H groups in total. The van der Waals surface area contributed by atoms with Crippen molar-refractivity contribution in [3.63, 3.8) is 0 Å². The molecule has 3 nitrogen and oxygen atoms in total. The Labute approximate surface area is 145 Å². The molecular formula is C21H30O3. The molecule has 3 heteroatoms. The molecule has 0 aromatic heterocycles. The number of hydrogen-bond donors (Lipinski definition) is 3. The van der Waals surface area contributed by atoms with Crippen LogP contribution in [0.2, 0.25) is 0 Å². The highest BCUT2D eigenvalue weighted by Crippen LogP contribution is 2.66. The standard InChI is InChI=1S/C21H30O3/c1-4-21(24)12-13-11-14(22)7-9-19(13,2)16-8-10-20(3)15(18(16)21)5-6-17(20)23/h1,12,14-18,22-24H,5-11H2,2-3H3/t14?,15-,16+,17?,18-,19-,20-,21?/m0/s1. The highest BCUT2D eigenvalue weighted by Gasteiger charge is 2.64. The third kappa shape index (κ3) is 1.97. The summed E-state index contributed by atoms with van der Waals surface area (Å²) in [6.45, 7) is 4.50. The first kappa shape index (κ1) is 16.6. The Morgan fingerprint density at radius 1 is 1.08 bits per heavy atom. The lowest BCUT2D eigenvalue weighted by molar-refractivity contribution is -0.125. The summed E-state index contributed by atoms with van der Waals surface area (Å²) in [5, 5.41) is 32.1. The van der Waals surface area contributed by atoms with Crippen LogP contribution in [0.4, 0.5) is 0 Å². The topological polar surface area (TPSA) is 60.7 Å². The molecule has 3 fully saturated rings. The first-order chi connectivity index (χ1) is 11.2. The van der Waals surface area contributed by atoms with Crippen molar-refractivity contribution in [2.75, 3.05) is 0 Å². The summed E-state index contributed by atoms with van der Waals surface area (Å²) in [4.78, 5) is 0. The van der Waals surface area contributed by atoms with Crippen molar-refractivity contribution in [1.29, 1.82) is 0 Å². The van der Waals surface area contributed by atoms with Crippen molar-refractivity contribution in [2.45, 2.75) is 76.6 Å². The van der Waals surface area contributed by atoms with E-state index in [9.17, 15) is 15.3 Å². The predicted molar refractivity (Wildman–Crippen MR) is 92.9 cm³/mol. The Balaban J connectivity index is 1.83. The zero-order chi connectivity index (χ0) is 17.3. The average molecular weight is 330 g/mol. The van der Waals surface area contributed by atoms with Crippen LogP contribution in [0, 0.1) is 40.9 Å². The molecule has 0 bridgehead atoms. The second-order valence-corrected chi connectivity index (χ2v) is 9.33. The van der Waals surface area contributed by atoms with Crippen molar-refractivity contribution in [1.82, 2.24) is 0 Å². The predicted octanol–water partition coefficient (Wildman–Crippen LogP) is 2.65. The van der Waals surface area contributed by atoms with E-state index in [-0.39, 0.29) is 34.9 Å². The monoisotopic (exact) mass is 330 g/mol. The van der Waals surface area contributed by atoms with E-state index in [0.717, 1.165) is 44.1 Å². The van der Waals surface area contributed by atoms with Crippen molar-refractivity contribution in [2.24, 2.45) is 28.6 Å². The maximum atomic E-state index is 11.4. The number of fused-ring (bicyclic) bond motifs is 5. The molecule has 132 valence electrons. The van der Waals surface area contributed by atoms with Gasteiger partial charge in [0.1, 0.15) is 5.60 Å². The first-order valence-electron chi connectivity index (χ1n) is 9.53. The molecule has 0 amide bonds. The van der Waals surface area contributed by atoms with Crippen molar-refractivity contribution in [3.8, 4) is 12.3 Å². The van der Waals surface area contributed by atoms with E-state index >= 15 is 0 Å². The second kappa shape index (κ2) is 5.10. The molecule has 0 heterocycles. The van der Waals surface area contributed by atoms with Gasteiger partial charge in [-0.05, 0) is 73.7 Å². The van der Waals surface area contributed by atoms with Crippen LogP contribution in [0.1, 0.15) is 58.8 Å². The lowest BCUT2D eigenvalue weighted by Gasteiger charge is -2.60. The molecule has 0 saturated heterocycles. The van der Waals surface area contributed by atoms with Gasteiger partial charge in [0.25, 0.3) is 0 Å². The van der Waals surface area contributed by atoms with Crippen LogP contribution < -0.4 is 0 Å². The molecule has 0 aliphatic heterocycles. The van der Waals surface area contributed by atoms with E-state index in [2.05, 4.69) is 19.8 Å². The molecule has 4 rings (SSSR count). The lowest BCUT2D eigenvalue weighted by Crippen LogP contribution is -2.59. The molecule has 3 saturated carbocycles. The van der Waals surface area contributed by atoms with Crippen LogP contribution in [0.15, 0.2) is 11.6 Å². The summed E-state index contributed by atoms with van der Waals surface area (Å²) < 4.78 is 0. The highest BCUT2D eigenvalue weighted by molar-refractivity contribution is 5.37. The zero-order valence-electron chi connectivity index (χ0n) is 14.8. The Hall–Kier alpha value is -0.820. The SMILES string of the molecule is C#CC1(O)C=C2CC(O)CC[C@]2(C)[C@@H]2CC[C@]3(C)C(O)CC[C@H]3[C@@H]21. The fourth-order valence-electron chi connectivity index (χ4n) is 6.80. The Bertz CT molecular complexity index is 619. The molecule has 8 atom stereocenters. The molecule has 4 aliphatic carbocycles. The summed E-state index contributed by atoms with van der Waals surface area (Å²) in [5.74, 6) is 3.34. The van der Waals surface area contributed by atoms with E-state index in [0.29, 0.717) is 12.3 Å². The van der Waals surface area contributed by atoms with Gasteiger partial charge in [-0.2, -0.15) is 0 Å². The van der Waals surface area contributed by atoms with Gasteiger partial charge in [0.05, 0.1) is 12.2 Å². The summed E-state index contributed by atoms with van der Waals surface area (Å²) in [6.07, 6.45) is 13.4. The minimum atomic E-state index is -1.24. The van der Waals surface area contributed by atoms with Gasteiger partial charge in [-0.25, -0.2) is 0 Å². The van der Waals surface area contributed by atoms with Crippen molar-refractivity contribution in [3.05, 3.63) is 11.6 Å². The summed E-state index contributed by atoms with van der Waals surface area (Å²) in [6, 6.07) is 0. The number of hydrogen-bond acceptors (Lipinski definition) is 3. The van der Waals surface area contributed by atoms with Gasteiger partial charge < -0.3 is 15.3 Å². The minimum Gasteiger partial charge on any atom is -0.393 e. The van der Waals surface area contributed by atoms with Gasteiger partial charge in [0.2, 0.25) is 0 Å². The highest BCUT2D eigenvalue weighted by atomic mass is 16.3. The van der Waals surface area contributed by atoms with Crippen molar-refractivity contribution >= 4 is 0 Å². The molecule has 0 aromatic carbocycles. The maximum Gasteiger partial charge on any atom is 0.147 e. The fourth-order valence-corrected chi connectivity index (χ4v) is 6.80. The molecule has 0 radical (unpaired) electrons. The first-order valence-corrected chi connectivity index (χ1v) is 9.53. The summed E-state index contributed by atoms with van der Waals surface area (Å²) in [5.41, 5.74) is -0.179. The molecule has 0 aromatic rings. The van der Waals surface area contributed by atoms with Crippen LogP contribution in [0.25, 0.3) is 0 Å². The van der Waals surface area contributed by atoms with Crippen LogP contribution in [-0.2, 0) is 0 Å². The van der Waals surface area contributed by atoms with Gasteiger partial charge in [0, 0.05) is 5.92 Å². The maximum absolute atomic E-state index is 11.4. The Morgan fingerprint density at radius 3 is 2.54 bits per heavy atom. The second-order valence-electron chi connectivity index (χ2n) is 9.33. The van der Waals surface area contributed by atoms with Crippen LogP contribution >= 0.6 is 0 Å².